The summed E-state index contributed by atoms with van der Waals surface area (Å²) in [5.41, 5.74) is 1.30. The zero-order chi connectivity index (χ0) is 24.8. The molecule has 2 aromatic carbocycles. The number of carbonyl (C=O) groups excluding carboxylic acids is 1. The average molecular weight is 470 g/mol. The van der Waals surface area contributed by atoms with Crippen molar-refractivity contribution in [3.8, 4) is 23.0 Å². The monoisotopic (exact) mass is 470 g/mol. The van der Waals surface area contributed by atoms with E-state index in [-0.39, 0.29) is 47.8 Å². The number of aromatic nitrogens is 3. The Labute approximate surface area is 199 Å². The van der Waals surface area contributed by atoms with Crippen LogP contribution in [0.5, 0.6) is 0 Å². The largest absolute Gasteiger partial charge is 0.332 e. The molecule has 4 aromatic rings. The van der Waals surface area contributed by atoms with E-state index in [1.165, 1.54) is 46.0 Å². The van der Waals surface area contributed by atoms with Gasteiger partial charge in [0, 0.05) is 43.2 Å². The van der Waals surface area contributed by atoms with E-state index in [1.54, 1.807) is 36.7 Å². The first kappa shape index (κ1) is 23.3. The second-order valence-electron chi connectivity index (χ2n) is 7.58. The predicted molar refractivity (Wildman–Crippen MR) is 125 cm³/mol. The van der Waals surface area contributed by atoms with Crippen LogP contribution < -0.4 is 0 Å². The molecule has 0 aliphatic heterocycles. The van der Waals surface area contributed by atoms with E-state index in [4.69, 9.17) is 5.26 Å². The van der Waals surface area contributed by atoms with Crippen LogP contribution in [0.3, 0.4) is 0 Å². The van der Waals surface area contributed by atoms with Crippen molar-refractivity contribution < 1.29 is 14.1 Å². The fraction of sp³-hybridized carbons (Fsp3) is 0.120. The molecule has 0 atom stereocenters. The Bertz CT molecular complexity index is 1410. The standard InChI is InChI=1S/C25H19FN6O3/c26-22-10-2-1-9-21(22)23-15-24(31(29-23)19-7-3-8-20(14-19)32(34)35)25(33)30(13-5-11-27)17-18-6-4-12-28-16-18/h1-4,6-10,12,14-16H,5,13,17H2. The first-order valence-corrected chi connectivity index (χ1v) is 10.6. The summed E-state index contributed by atoms with van der Waals surface area (Å²) >= 11 is 0. The molecule has 0 bridgehead atoms. The minimum absolute atomic E-state index is 0.0746. The Morgan fingerprint density at radius 1 is 1.14 bits per heavy atom. The summed E-state index contributed by atoms with van der Waals surface area (Å²) in [5.74, 6) is -0.988. The van der Waals surface area contributed by atoms with Gasteiger partial charge in [0.1, 0.15) is 11.5 Å². The lowest BCUT2D eigenvalue weighted by atomic mass is 10.1. The number of amides is 1. The van der Waals surface area contributed by atoms with Crippen LogP contribution in [0.1, 0.15) is 22.5 Å². The molecule has 0 saturated heterocycles. The molecule has 0 radical (unpaired) electrons. The third-order valence-corrected chi connectivity index (χ3v) is 5.24. The van der Waals surface area contributed by atoms with Crippen molar-refractivity contribution >= 4 is 11.6 Å². The Morgan fingerprint density at radius 2 is 1.97 bits per heavy atom. The number of benzene rings is 2. The Balaban J connectivity index is 1.82. The number of carbonyl (C=O) groups is 1. The highest BCUT2D eigenvalue weighted by Gasteiger charge is 2.24. The lowest BCUT2D eigenvalue weighted by Crippen LogP contribution is -2.33. The van der Waals surface area contributed by atoms with Crippen LogP contribution in [0.2, 0.25) is 0 Å². The lowest BCUT2D eigenvalue weighted by molar-refractivity contribution is -0.384. The summed E-state index contributed by atoms with van der Waals surface area (Å²) in [6, 6.07) is 18.7. The van der Waals surface area contributed by atoms with Gasteiger partial charge in [-0.05, 0) is 35.9 Å². The van der Waals surface area contributed by atoms with Crippen LogP contribution in [0, 0.1) is 27.3 Å². The van der Waals surface area contributed by atoms with Gasteiger partial charge >= 0.3 is 0 Å². The molecule has 1 amide bonds. The zero-order valence-corrected chi connectivity index (χ0v) is 18.4. The number of hydrogen-bond acceptors (Lipinski definition) is 6. The van der Waals surface area contributed by atoms with Gasteiger partial charge in [-0.25, -0.2) is 9.07 Å². The van der Waals surface area contributed by atoms with Crippen LogP contribution in [-0.2, 0) is 6.54 Å². The number of halogens is 1. The molecule has 0 fully saturated rings. The Hall–Kier alpha value is -4.91. The number of nitriles is 1. The quantitative estimate of drug-likeness (QED) is 0.276. The van der Waals surface area contributed by atoms with E-state index in [2.05, 4.69) is 10.1 Å². The number of nitro groups is 1. The van der Waals surface area contributed by atoms with Crippen molar-refractivity contribution in [1.29, 1.82) is 5.26 Å². The first-order valence-electron chi connectivity index (χ1n) is 10.6. The van der Waals surface area contributed by atoms with E-state index in [0.29, 0.717) is 0 Å². The van der Waals surface area contributed by atoms with Crippen LogP contribution in [-0.4, -0.2) is 37.0 Å². The average Bonchev–Trinajstić information content (AvgIpc) is 3.32. The van der Waals surface area contributed by atoms with Crippen molar-refractivity contribution in [3.63, 3.8) is 0 Å². The molecule has 10 heteroatoms. The SMILES string of the molecule is N#CCCN(Cc1cccnc1)C(=O)c1cc(-c2ccccc2F)nn1-c1cccc([N+](=O)[O-])c1. The van der Waals surface area contributed by atoms with E-state index >= 15 is 0 Å². The van der Waals surface area contributed by atoms with Gasteiger partial charge in [0.05, 0.1) is 28.8 Å². The van der Waals surface area contributed by atoms with Gasteiger partial charge < -0.3 is 4.90 Å². The van der Waals surface area contributed by atoms with Crippen molar-refractivity contribution in [2.24, 2.45) is 0 Å². The molecule has 0 aliphatic rings. The highest BCUT2D eigenvalue weighted by atomic mass is 19.1. The van der Waals surface area contributed by atoms with E-state index in [9.17, 15) is 19.3 Å². The van der Waals surface area contributed by atoms with Gasteiger partial charge in [-0.2, -0.15) is 10.4 Å². The number of hydrogen-bond donors (Lipinski definition) is 0. The van der Waals surface area contributed by atoms with Gasteiger partial charge in [0.2, 0.25) is 0 Å². The summed E-state index contributed by atoms with van der Waals surface area (Å²) in [5, 5.41) is 24.9. The van der Waals surface area contributed by atoms with Crippen molar-refractivity contribution in [2.75, 3.05) is 6.54 Å². The number of nitrogens with zero attached hydrogens (tertiary/aromatic N) is 6. The van der Waals surface area contributed by atoms with Crippen molar-refractivity contribution in [1.82, 2.24) is 19.7 Å². The minimum Gasteiger partial charge on any atom is -0.332 e. The van der Waals surface area contributed by atoms with Crippen LogP contribution in [0.25, 0.3) is 16.9 Å². The van der Waals surface area contributed by atoms with Gasteiger partial charge in [0.15, 0.2) is 0 Å². The summed E-state index contributed by atoms with van der Waals surface area (Å²) in [6.07, 6.45) is 3.33. The van der Waals surface area contributed by atoms with E-state index in [0.717, 1.165) is 5.56 Å². The van der Waals surface area contributed by atoms with Gasteiger partial charge in [-0.3, -0.25) is 19.9 Å². The third-order valence-electron chi connectivity index (χ3n) is 5.24. The fourth-order valence-corrected chi connectivity index (χ4v) is 3.58. The topological polar surface area (TPSA) is 118 Å². The molecule has 4 rings (SSSR count). The zero-order valence-electron chi connectivity index (χ0n) is 18.4. The molecule has 0 N–H and O–H groups in total. The highest BCUT2D eigenvalue weighted by molar-refractivity contribution is 5.94. The smallest absolute Gasteiger partial charge is 0.272 e. The molecule has 9 nitrogen and oxygen atoms in total. The molecule has 0 aliphatic carbocycles. The second-order valence-corrected chi connectivity index (χ2v) is 7.58. The Kier molecular flexibility index (Phi) is 6.88. The fourth-order valence-electron chi connectivity index (χ4n) is 3.58. The number of nitro benzene ring substituents is 1. The van der Waals surface area contributed by atoms with Gasteiger partial charge in [0.25, 0.3) is 11.6 Å². The number of rotatable bonds is 8. The van der Waals surface area contributed by atoms with Crippen LogP contribution in [0.4, 0.5) is 10.1 Å². The van der Waals surface area contributed by atoms with E-state index in [1.807, 2.05) is 12.1 Å². The maximum absolute atomic E-state index is 14.5. The molecule has 2 heterocycles. The van der Waals surface area contributed by atoms with Gasteiger partial charge in [-0.15, -0.1) is 0 Å². The second kappa shape index (κ2) is 10.4. The van der Waals surface area contributed by atoms with Crippen LogP contribution in [0.15, 0.2) is 79.1 Å². The maximum atomic E-state index is 14.5. The predicted octanol–water partition coefficient (Wildman–Crippen LogP) is 4.54. The molecular formula is C25H19FN6O3. The minimum atomic E-state index is -0.548. The third kappa shape index (κ3) is 5.20. The van der Waals surface area contributed by atoms with Crippen molar-refractivity contribution in [2.45, 2.75) is 13.0 Å². The summed E-state index contributed by atoms with van der Waals surface area (Å²) < 4.78 is 15.8. The Morgan fingerprint density at radius 3 is 2.69 bits per heavy atom. The van der Waals surface area contributed by atoms with Crippen molar-refractivity contribution in [3.05, 3.63) is 106 Å². The summed E-state index contributed by atoms with van der Waals surface area (Å²) in [4.78, 5) is 30.0. The molecule has 174 valence electrons. The van der Waals surface area contributed by atoms with Gasteiger partial charge in [-0.1, -0.05) is 24.3 Å². The van der Waals surface area contributed by atoms with E-state index < -0.39 is 16.6 Å². The maximum Gasteiger partial charge on any atom is 0.272 e. The molecule has 2 aromatic heterocycles. The highest BCUT2D eigenvalue weighted by Crippen LogP contribution is 2.26. The normalized spacial score (nSPS) is 10.5. The lowest BCUT2D eigenvalue weighted by Gasteiger charge is -2.22. The molecule has 0 unspecified atom stereocenters. The molecular weight excluding hydrogens is 451 g/mol. The molecule has 35 heavy (non-hydrogen) atoms. The summed E-state index contributed by atoms with van der Waals surface area (Å²) in [7, 11) is 0. The molecule has 0 spiro atoms. The summed E-state index contributed by atoms with van der Waals surface area (Å²) in [6.45, 7) is 0.322. The first-order chi connectivity index (χ1) is 17.0. The number of non-ortho nitro benzene ring substituents is 1. The molecule has 0 saturated carbocycles. The number of pyridine rings is 1. The van der Waals surface area contributed by atoms with Crippen LogP contribution >= 0.6 is 0 Å².